The second-order valence-corrected chi connectivity index (χ2v) is 4.43. The van der Waals surface area contributed by atoms with E-state index < -0.39 is 5.91 Å². The molecule has 0 saturated heterocycles. The van der Waals surface area contributed by atoms with Gasteiger partial charge < -0.3 is 15.2 Å². The lowest BCUT2D eigenvalue weighted by Gasteiger charge is -2.04. The zero-order valence-corrected chi connectivity index (χ0v) is 11.2. The van der Waals surface area contributed by atoms with Crippen molar-refractivity contribution in [3.05, 3.63) is 29.3 Å². The lowest BCUT2D eigenvalue weighted by Crippen LogP contribution is -2.16. The average molecular weight is 272 g/mol. The number of rotatable bonds is 3. The van der Waals surface area contributed by atoms with Crippen LogP contribution in [0.4, 0.5) is 0 Å². The molecule has 1 heterocycles. The quantitative estimate of drug-likeness (QED) is 0.376. The Bertz CT molecular complexity index is 665. The summed E-state index contributed by atoms with van der Waals surface area (Å²) < 4.78 is 12.3. The van der Waals surface area contributed by atoms with Crippen molar-refractivity contribution in [1.82, 2.24) is 0 Å². The number of fused-ring (bicyclic) bond motifs is 1. The van der Waals surface area contributed by atoms with Crippen molar-refractivity contribution in [2.45, 2.75) is 0 Å². The molecule has 1 aromatic carbocycles. The maximum absolute atomic E-state index is 11.4. The first kappa shape index (κ1) is 13.6. The van der Waals surface area contributed by atoms with E-state index >= 15 is 0 Å². The molecule has 0 aliphatic carbocycles. The minimum absolute atomic E-state index is 0.0995. The molecule has 0 saturated carbocycles. The number of nitrogens with two attached hydrogens (primary N) is 1. The lowest BCUT2D eigenvalue weighted by atomic mass is 10.0. The Morgan fingerprint density at radius 3 is 2.70 bits per heavy atom. The van der Waals surface area contributed by atoms with Crippen molar-refractivity contribution < 1.29 is 18.8 Å². The van der Waals surface area contributed by atoms with Crippen LogP contribution in [0.5, 0.6) is 11.5 Å². The number of amides is 1. The van der Waals surface area contributed by atoms with E-state index in [0.29, 0.717) is 22.6 Å². The zero-order chi connectivity index (χ0) is 14.7. The molecule has 1 aromatic rings. The molecule has 0 bridgehead atoms. The smallest absolute Gasteiger partial charge is 0.260 e. The summed E-state index contributed by atoms with van der Waals surface area (Å²) >= 11 is 0. The molecular formula is C14H14N3O3+. The summed E-state index contributed by atoms with van der Waals surface area (Å²) in [7, 11) is 3.59. The molecule has 0 unspecified atom stereocenters. The molecule has 2 N–H and O–H groups in total. The van der Waals surface area contributed by atoms with E-state index in [1.54, 1.807) is 43.1 Å². The van der Waals surface area contributed by atoms with Crippen LogP contribution in [0.1, 0.15) is 5.56 Å². The molecule has 6 heteroatoms. The van der Waals surface area contributed by atoms with E-state index in [4.69, 9.17) is 20.5 Å². The van der Waals surface area contributed by atoms with Gasteiger partial charge in [0, 0.05) is 0 Å². The Morgan fingerprint density at radius 1 is 1.40 bits per heavy atom. The number of hydrogen-bond donors (Lipinski definition) is 1. The standard InChI is InChI=1S/C14H13N3O3/c1-17(2)7-11(10(6-15)14(16)18)9-3-4-12-13(5-9)20-8-19-12/h3-5,7H,8H2,1-2H3,(H-,16,18)/p+1/b11-10+. The van der Waals surface area contributed by atoms with Crippen molar-refractivity contribution in [3.63, 3.8) is 0 Å². The van der Waals surface area contributed by atoms with Gasteiger partial charge in [-0.05, 0) is 17.7 Å². The van der Waals surface area contributed by atoms with Gasteiger partial charge in [-0.25, -0.2) is 4.58 Å². The fourth-order valence-corrected chi connectivity index (χ4v) is 1.85. The summed E-state index contributed by atoms with van der Waals surface area (Å²) in [6, 6.07) is 7.05. The second kappa shape index (κ2) is 5.45. The monoisotopic (exact) mass is 272 g/mol. The number of allylic oxidation sites excluding steroid dienone is 1. The average Bonchev–Trinajstić information content (AvgIpc) is 2.84. The Labute approximate surface area is 116 Å². The van der Waals surface area contributed by atoms with Gasteiger partial charge in [0.05, 0.1) is 5.57 Å². The fourth-order valence-electron chi connectivity index (χ4n) is 1.85. The summed E-state index contributed by atoms with van der Waals surface area (Å²) in [5, 5.41) is 9.13. The molecule has 0 aromatic heterocycles. The molecule has 1 aliphatic heterocycles. The van der Waals surface area contributed by atoms with Crippen molar-refractivity contribution in [2.75, 3.05) is 20.9 Å². The molecule has 0 spiro atoms. The first-order valence-electron chi connectivity index (χ1n) is 5.88. The summed E-state index contributed by atoms with van der Waals surface area (Å²) in [4.78, 5) is 11.4. The molecule has 2 rings (SSSR count). The first-order valence-corrected chi connectivity index (χ1v) is 5.88. The molecule has 0 fully saturated rings. The van der Waals surface area contributed by atoms with Crippen LogP contribution < -0.4 is 15.2 Å². The van der Waals surface area contributed by atoms with Gasteiger partial charge in [-0.3, -0.25) is 4.79 Å². The fraction of sp³-hybridized carbons (Fsp3) is 0.214. The zero-order valence-electron chi connectivity index (χ0n) is 11.2. The van der Waals surface area contributed by atoms with Crippen LogP contribution in [-0.4, -0.2) is 37.6 Å². The number of nitrogens with zero attached hydrogens (tertiary/aromatic N) is 2. The molecular weight excluding hydrogens is 258 g/mol. The van der Waals surface area contributed by atoms with Crippen LogP contribution in [-0.2, 0) is 4.79 Å². The maximum atomic E-state index is 11.4. The Morgan fingerprint density at radius 2 is 2.10 bits per heavy atom. The van der Waals surface area contributed by atoms with Crippen LogP contribution in [0.15, 0.2) is 23.8 Å². The first-order chi connectivity index (χ1) is 9.52. The topological polar surface area (TPSA) is 88.3 Å². The summed E-state index contributed by atoms with van der Waals surface area (Å²) in [5.41, 5.74) is 6.27. The minimum atomic E-state index is -0.765. The Balaban J connectivity index is 2.62. The van der Waals surface area contributed by atoms with Gasteiger partial charge >= 0.3 is 0 Å². The van der Waals surface area contributed by atoms with E-state index in [1.165, 1.54) is 0 Å². The SMILES string of the molecule is C[N+](C)=C/C(=C(/C#N)C(N)=O)c1ccc2c(c1)OCO2. The molecule has 20 heavy (non-hydrogen) atoms. The number of nitriles is 1. The van der Waals surface area contributed by atoms with Crippen molar-refractivity contribution in [3.8, 4) is 17.6 Å². The minimum Gasteiger partial charge on any atom is -0.454 e. The van der Waals surface area contributed by atoms with Gasteiger partial charge in [0.15, 0.2) is 17.7 Å². The van der Waals surface area contributed by atoms with Crippen LogP contribution >= 0.6 is 0 Å². The third-order valence-corrected chi connectivity index (χ3v) is 2.70. The Kier molecular flexibility index (Phi) is 3.71. The van der Waals surface area contributed by atoms with E-state index in [9.17, 15) is 4.79 Å². The molecule has 1 aliphatic rings. The predicted octanol–water partition coefficient (Wildman–Crippen LogP) is 0.521. The highest BCUT2D eigenvalue weighted by Crippen LogP contribution is 2.34. The van der Waals surface area contributed by atoms with E-state index in [-0.39, 0.29) is 12.4 Å². The number of primary amides is 1. The summed E-state index contributed by atoms with van der Waals surface area (Å²) in [5.74, 6) is 0.447. The van der Waals surface area contributed by atoms with Gasteiger partial charge in [0.1, 0.15) is 25.7 Å². The predicted molar refractivity (Wildman–Crippen MR) is 72.5 cm³/mol. The highest BCUT2D eigenvalue weighted by molar-refractivity contribution is 6.19. The largest absolute Gasteiger partial charge is 0.454 e. The van der Waals surface area contributed by atoms with Crippen LogP contribution in [0.2, 0.25) is 0 Å². The van der Waals surface area contributed by atoms with Crippen LogP contribution in [0, 0.1) is 11.3 Å². The highest BCUT2D eigenvalue weighted by atomic mass is 16.7. The van der Waals surface area contributed by atoms with Gasteiger partial charge in [-0.15, -0.1) is 0 Å². The number of carbonyl (C=O) groups is 1. The molecule has 6 nitrogen and oxygen atoms in total. The van der Waals surface area contributed by atoms with E-state index in [1.807, 2.05) is 6.07 Å². The number of hydrogen-bond acceptors (Lipinski definition) is 4. The lowest BCUT2D eigenvalue weighted by molar-refractivity contribution is -0.458. The summed E-state index contributed by atoms with van der Waals surface area (Å²) in [6.07, 6.45) is 1.67. The summed E-state index contributed by atoms with van der Waals surface area (Å²) in [6.45, 7) is 0.163. The van der Waals surface area contributed by atoms with Gasteiger partial charge in [-0.1, -0.05) is 6.07 Å². The van der Waals surface area contributed by atoms with E-state index in [2.05, 4.69) is 0 Å². The molecule has 102 valence electrons. The van der Waals surface area contributed by atoms with Crippen molar-refractivity contribution >= 4 is 17.7 Å². The van der Waals surface area contributed by atoms with Gasteiger partial charge in [-0.2, -0.15) is 5.26 Å². The van der Waals surface area contributed by atoms with Gasteiger partial charge in [0.2, 0.25) is 6.79 Å². The van der Waals surface area contributed by atoms with Crippen molar-refractivity contribution in [2.24, 2.45) is 5.73 Å². The number of ether oxygens (including phenoxy) is 2. The number of benzene rings is 1. The second-order valence-electron chi connectivity index (χ2n) is 4.43. The van der Waals surface area contributed by atoms with Crippen LogP contribution in [0.25, 0.3) is 5.57 Å². The van der Waals surface area contributed by atoms with E-state index in [0.717, 1.165) is 0 Å². The molecule has 0 atom stereocenters. The third-order valence-electron chi connectivity index (χ3n) is 2.70. The normalized spacial score (nSPS) is 13.2. The van der Waals surface area contributed by atoms with Gasteiger partial charge in [0.25, 0.3) is 5.91 Å². The molecule has 1 amide bonds. The third kappa shape index (κ3) is 2.62. The number of carbonyl (C=O) groups excluding carboxylic acids is 1. The Hall–Kier alpha value is -2.81. The maximum Gasteiger partial charge on any atom is 0.260 e. The molecule has 0 radical (unpaired) electrons. The highest BCUT2D eigenvalue weighted by Gasteiger charge is 2.19. The van der Waals surface area contributed by atoms with Crippen LogP contribution in [0.3, 0.4) is 0 Å². The van der Waals surface area contributed by atoms with Crippen molar-refractivity contribution in [1.29, 1.82) is 5.26 Å².